The first-order chi connectivity index (χ1) is 8.74. The lowest BCUT2D eigenvalue weighted by Gasteiger charge is -2.06. The highest BCUT2D eigenvalue weighted by molar-refractivity contribution is 14.1. The lowest BCUT2D eigenvalue weighted by molar-refractivity contribution is 0.768. The molecular weight excluding hydrogens is 357 g/mol. The van der Waals surface area contributed by atoms with Crippen LogP contribution < -0.4 is 5.56 Å². The Morgan fingerprint density at radius 3 is 2.67 bits per heavy atom. The number of rotatable bonds is 2. The molecule has 1 aromatic carbocycles. The molecule has 0 saturated carbocycles. The maximum atomic E-state index is 12.2. The van der Waals surface area contributed by atoms with Crippen LogP contribution in [0, 0.1) is 3.57 Å². The van der Waals surface area contributed by atoms with Crippen molar-refractivity contribution in [1.82, 2.24) is 4.57 Å². The molecule has 0 N–H and O–H groups in total. The Morgan fingerprint density at radius 2 is 1.89 bits per heavy atom. The first-order valence-electron chi connectivity index (χ1n) is 5.55. The van der Waals surface area contributed by atoms with E-state index in [4.69, 9.17) is 0 Å². The minimum Gasteiger partial charge on any atom is -0.311 e. The number of benzene rings is 1. The highest BCUT2D eigenvalue weighted by Gasteiger charge is 2.04. The van der Waals surface area contributed by atoms with Crippen molar-refractivity contribution in [3.63, 3.8) is 0 Å². The van der Waals surface area contributed by atoms with E-state index in [9.17, 15) is 4.79 Å². The minimum atomic E-state index is 0.0901. The summed E-state index contributed by atoms with van der Waals surface area (Å²) >= 11 is 3.88. The van der Waals surface area contributed by atoms with E-state index in [2.05, 4.69) is 46.9 Å². The van der Waals surface area contributed by atoms with Crippen LogP contribution in [0.3, 0.4) is 0 Å². The van der Waals surface area contributed by atoms with Crippen LogP contribution in [-0.4, -0.2) is 4.57 Å². The smallest absolute Gasteiger partial charge is 0.259 e. The standard InChI is InChI=1S/C14H10INOS/c15-11-3-1-10(2-4-11)9-16-7-5-13-12(14(16)17)6-8-18-13/h1-8H,9H2. The van der Waals surface area contributed by atoms with Crippen LogP contribution in [0.5, 0.6) is 0 Å². The predicted octanol–water partition coefficient (Wildman–Crippen LogP) is 3.72. The van der Waals surface area contributed by atoms with Crippen molar-refractivity contribution in [2.75, 3.05) is 0 Å². The second-order valence-corrected chi connectivity index (χ2v) is 6.27. The van der Waals surface area contributed by atoms with Crippen LogP contribution in [-0.2, 0) is 6.54 Å². The van der Waals surface area contributed by atoms with Crippen molar-refractivity contribution >= 4 is 44.0 Å². The van der Waals surface area contributed by atoms with Gasteiger partial charge in [-0.15, -0.1) is 11.3 Å². The molecule has 0 spiro atoms. The molecule has 0 saturated heterocycles. The fourth-order valence-corrected chi connectivity index (χ4v) is 3.05. The van der Waals surface area contributed by atoms with E-state index in [-0.39, 0.29) is 5.56 Å². The molecule has 0 amide bonds. The highest BCUT2D eigenvalue weighted by Crippen LogP contribution is 2.16. The van der Waals surface area contributed by atoms with Crippen LogP contribution in [0.15, 0.2) is 52.8 Å². The average Bonchev–Trinajstić information content (AvgIpc) is 2.84. The Labute approximate surface area is 122 Å². The Hall–Kier alpha value is -1.14. The Bertz CT molecular complexity index is 742. The van der Waals surface area contributed by atoms with Crippen molar-refractivity contribution < 1.29 is 0 Å². The van der Waals surface area contributed by atoms with Crippen LogP contribution in [0.2, 0.25) is 0 Å². The molecular formula is C14H10INOS. The van der Waals surface area contributed by atoms with E-state index in [1.807, 2.05) is 23.7 Å². The van der Waals surface area contributed by atoms with Gasteiger partial charge in [-0.1, -0.05) is 12.1 Å². The number of hydrogen-bond acceptors (Lipinski definition) is 2. The predicted molar refractivity (Wildman–Crippen MR) is 84.3 cm³/mol. The van der Waals surface area contributed by atoms with Crippen LogP contribution in [0.25, 0.3) is 10.1 Å². The van der Waals surface area contributed by atoms with Crippen LogP contribution in [0.4, 0.5) is 0 Å². The SMILES string of the molecule is O=c1c2ccsc2ccn1Cc1ccc(I)cc1. The second kappa shape index (κ2) is 4.85. The molecule has 0 aliphatic carbocycles. The van der Waals surface area contributed by atoms with Gasteiger partial charge in [0.2, 0.25) is 0 Å². The van der Waals surface area contributed by atoms with Gasteiger partial charge in [-0.25, -0.2) is 0 Å². The number of pyridine rings is 1. The first kappa shape index (κ1) is 11.9. The molecule has 0 radical (unpaired) electrons. The molecule has 3 rings (SSSR count). The third-order valence-corrected chi connectivity index (χ3v) is 4.46. The average molecular weight is 367 g/mol. The van der Waals surface area contributed by atoms with Gasteiger partial charge >= 0.3 is 0 Å². The topological polar surface area (TPSA) is 22.0 Å². The van der Waals surface area contributed by atoms with Gasteiger partial charge in [-0.05, 0) is 57.8 Å². The molecule has 4 heteroatoms. The normalized spacial score (nSPS) is 10.9. The Morgan fingerprint density at radius 1 is 1.11 bits per heavy atom. The molecule has 2 aromatic heterocycles. The molecule has 0 bridgehead atoms. The summed E-state index contributed by atoms with van der Waals surface area (Å²) in [5, 5.41) is 2.77. The quantitative estimate of drug-likeness (QED) is 0.633. The summed E-state index contributed by atoms with van der Waals surface area (Å²) in [6.07, 6.45) is 1.87. The third-order valence-electron chi connectivity index (χ3n) is 2.86. The number of nitrogens with zero attached hydrogens (tertiary/aromatic N) is 1. The van der Waals surface area contributed by atoms with Gasteiger partial charge in [0, 0.05) is 14.5 Å². The fourth-order valence-electron chi connectivity index (χ4n) is 1.92. The van der Waals surface area contributed by atoms with Crippen LogP contribution in [0.1, 0.15) is 5.56 Å². The van der Waals surface area contributed by atoms with Gasteiger partial charge in [-0.2, -0.15) is 0 Å². The largest absolute Gasteiger partial charge is 0.311 e. The lowest BCUT2D eigenvalue weighted by Crippen LogP contribution is -2.19. The molecule has 0 unspecified atom stereocenters. The van der Waals surface area contributed by atoms with Crippen molar-refractivity contribution in [2.24, 2.45) is 0 Å². The number of fused-ring (bicyclic) bond motifs is 1. The summed E-state index contributed by atoms with van der Waals surface area (Å²) < 4.78 is 4.02. The number of thiophene rings is 1. The summed E-state index contributed by atoms with van der Waals surface area (Å²) in [6, 6.07) is 12.1. The van der Waals surface area contributed by atoms with Gasteiger partial charge in [0.1, 0.15) is 0 Å². The van der Waals surface area contributed by atoms with Gasteiger partial charge in [0.05, 0.1) is 11.9 Å². The summed E-state index contributed by atoms with van der Waals surface area (Å²) in [5.74, 6) is 0. The second-order valence-electron chi connectivity index (χ2n) is 4.07. The Balaban J connectivity index is 2.02. The monoisotopic (exact) mass is 367 g/mol. The molecule has 90 valence electrons. The third kappa shape index (κ3) is 2.22. The van der Waals surface area contributed by atoms with E-state index in [1.165, 1.54) is 3.57 Å². The lowest BCUT2D eigenvalue weighted by atomic mass is 10.2. The number of halogens is 1. The zero-order valence-corrected chi connectivity index (χ0v) is 12.4. The van der Waals surface area contributed by atoms with E-state index in [0.29, 0.717) is 6.54 Å². The van der Waals surface area contributed by atoms with Crippen molar-refractivity contribution in [1.29, 1.82) is 0 Å². The van der Waals surface area contributed by atoms with Gasteiger partial charge in [-0.3, -0.25) is 4.79 Å². The van der Waals surface area contributed by atoms with E-state index in [1.54, 1.807) is 15.9 Å². The molecule has 3 aromatic rings. The highest BCUT2D eigenvalue weighted by atomic mass is 127. The zero-order chi connectivity index (χ0) is 12.5. The van der Waals surface area contributed by atoms with Gasteiger partial charge < -0.3 is 4.57 Å². The fraction of sp³-hybridized carbons (Fsp3) is 0.0714. The molecule has 0 aliphatic rings. The van der Waals surface area contributed by atoms with E-state index in [0.717, 1.165) is 15.6 Å². The first-order valence-corrected chi connectivity index (χ1v) is 7.51. The van der Waals surface area contributed by atoms with E-state index < -0.39 is 0 Å². The maximum Gasteiger partial charge on any atom is 0.259 e. The minimum absolute atomic E-state index is 0.0901. The summed E-state index contributed by atoms with van der Waals surface area (Å²) in [6.45, 7) is 0.627. The van der Waals surface area contributed by atoms with Gasteiger partial charge in [0.15, 0.2) is 0 Å². The molecule has 0 aliphatic heterocycles. The zero-order valence-electron chi connectivity index (χ0n) is 9.47. The van der Waals surface area contributed by atoms with Crippen molar-refractivity contribution in [3.05, 3.63) is 67.5 Å². The Kier molecular flexibility index (Phi) is 3.22. The van der Waals surface area contributed by atoms with E-state index >= 15 is 0 Å². The summed E-state index contributed by atoms with van der Waals surface area (Å²) in [4.78, 5) is 12.2. The summed E-state index contributed by atoms with van der Waals surface area (Å²) in [5.41, 5.74) is 1.24. The molecule has 18 heavy (non-hydrogen) atoms. The van der Waals surface area contributed by atoms with Crippen molar-refractivity contribution in [3.8, 4) is 0 Å². The van der Waals surface area contributed by atoms with Crippen LogP contribution >= 0.6 is 33.9 Å². The molecule has 0 atom stereocenters. The number of hydrogen-bond donors (Lipinski definition) is 0. The van der Waals surface area contributed by atoms with Gasteiger partial charge in [0.25, 0.3) is 5.56 Å². The van der Waals surface area contributed by atoms with Crippen molar-refractivity contribution in [2.45, 2.75) is 6.54 Å². The maximum absolute atomic E-state index is 12.2. The number of aromatic nitrogens is 1. The molecule has 2 heterocycles. The molecule has 2 nitrogen and oxygen atoms in total. The molecule has 0 fully saturated rings. The summed E-state index contributed by atoms with van der Waals surface area (Å²) in [7, 11) is 0.